The van der Waals surface area contributed by atoms with Crippen LogP contribution in [0.3, 0.4) is 0 Å². The molecule has 0 unspecified atom stereocenters. The van der Waals surface area contributed by atoms with E-state index in [4.69, 9.17) is 5.11 Å². The summed E-state index contributed by atoms with van der Waals surface area (Å²) in [6, 6.07) is 0.131. The lowest BCUT2D eigenvalue weighted by molar-refractivity contribution is -0.138. The molecule has 0 aliphatic heterocycles. The lowest BCUT2D eigenvalue weighted by atomic mass is 10.2. The molecule has 1 amide bonds. The van der Waals surface area contributed by atoms with E-state index in [1.165, 1.54) is 0 Å². The van der Waals surface area contributed by atoms with Crippen LogP contribution in [0.25, 0.3) is 0 Å². The van der Waals surface area contributed by atoms with Crippen LogP contribution in [0.5, 0.6) is 0 Å². The molecule has 0 aromatic heterocycles. The van der Waals surface area contributed by atoms with E-state index in [1.54, 1.807) is 0 Å². The summed E-state index contributed by atoms with van der Waals surface area (Å²) in [5.74, 6) is -1.12. The first-order chi connectivity index (χ1) is 5.56. The van der Waals surface area contributed by atoms with Gasteiger partial charge in [-0.3, -0.25) is 9.59 Å². The van der Waals surface area contributed by atoms with Gasteiger partial charge in [-0.2, -0.15) is 0 Å². The fraction of sp³-hybridized carbons (Fsp3) is 0.750. The maximum Gasteiger partial charge on any atom is 0.303 e. The third kappa shape index (κ3) is 5.70. The second kappa shape index (κ2) is 5.57. The maximum atomic E-state index is 10.9. The summed E-state index contributed by atoms with van der Waals surface area (Å²) in [5.41, 5.74) is 0. The first-order valence-electron chi connectivity index (χ1n) is 4.07. The van der Waals surface area contributed by atoms with Crippen molar-refractivity contribution in [2.45, 2.75) is 39.2 Å². The summed E-state index contributed by atoms with van der Waals surface area (Å²) in [5, 5.41) is 11.0. The van der Waals surface area contributed by atoms with Gasteiger partial charge >= 0.3 is 5.97 Å². The van der Waals surface area contributed by atoms with Gasteiger partial charge in [0, 0.05) is 12.5 Å². The van der Waals surface area contributed by atoms with Gasteiger partial charge in [0.1, 0.15) is 0 Å². The van der Waals surface area contributed by atoms with Crippen molar-refractivity contribution in [1.82, 2.24) is 5.32 Å². The fourth-order valence-corrected chi connectivity index (χ4v) is 0.670. The van der Waals surface area contributed by atoms with Crippen molar-refractivity contribution in [3.8, 4) is 0 Å². The standard InChI is InChI=1S/C8H15NO3/c1-3-6(2)9-7(10)4-5-8(11)12/h6H,3-5H2,1-2H3,(H,9,10)(H,11,12)/t6-/m0/s1. The summed E-state index contributed by atoms with van der Waals surface area (Å²) in [7, 11) is 0. The van der Waals surface area contributed by atoms with E-state index in [1.807, 2.05) is 13.8 Å². The normalized spacial score (nSPS) is 12.2. The van der Waals surface area contributed by atoms with Crippen LogP contribution in [-0.2, 0) is 9.59 Å². The van der Waals surface area contributed by atoms with Gasteiger partial charge in [0.05, 0.1) is 6.42 Å². The van der Waals surface area contributed by atoms with E-state index in [2.05, 4.69) is 5.32 Å². The molecular formula is C8H15NO3. The molecule has 0 aromatic carbocycles. The van der Waals surface area contributed by atoms with E-state index in [9.17, 15) is 9.59 Å². The molecule has 0 radical (unpaired) electrons. The quantitative estimate of drug-likeness (QED) is 0.645. The molecule has 0 saturated carbocycles. The summed E-state index contributed by atoms with van der Waals surface area (Å²) < 4.78 is 0. The Labute approximate surface area is 72.0 Å². The summed E-state index contributed by atoms with van der Waals surface area (Å²) in [4.78, 5) is 21.0. The molecule has 0 rings (SSSR count). The van der Waals surface area contributed by atoms with E-state index in [-0.39, 0.29) is 24.8 Å². The second-order valence-electron chi connectivity index (χ2n) is 2.77. The van der Waals surface area contributed by atoms with Crippen molar-refractivity contribution >= 4 is 11.9 Å². The Morgan fingerprint density at radius 2 is 2.00 bits per heavy atom. The van der Waals surface area contributed by atoms with Crippen LogP contribution >= 0.6 is 0 Å². The molecule has 1 atom stereocenters. The highest BCUT2D eigenvalue weighted by molar-refractivity contribution is 5.80. The van der Waals surface area contributed by atoms with Gasteiger partial charge in [0.15, 0.2) is 0 Å². The zero-order chi connectivity index (χ0) is 9.56. The van der Waals surface area contributed by atoms with Gasteiger partial charge in [-0.1, -0.05) is 6.92 Å². The Kier molecular flexibility index (Phi) is 5.08. The van der Waals surface area contributed by atoms with Gasteiger partial charge in [-0.15, -0.1) is 0 Å². The predicted molar refractivity (Wildman–Crippen MR) is 44.8 cm³/mol. The van der Waals surface area contributed by atoms with Crippen molar-refractivity contribution in [3.05, 3.63) is 0 Å². The molecule has 0 aliphatic carbocycles. The third-order valence-electron chi connectivity index (χ3n) is 1.59. The average molecular weight is 173 g/mol. The number of carboxylic acid groups (broad SMARTS) is 1. The van der Waals surface area contributed by atoms with Gasteiger partial charge in [0.25, 0.3) is 0 Å². The van der Waals surface area contributed by atoms with Crippen molar-refractivity contribution in [1.29, 1.82) is 0 Å². The Bertz CT molecular complexity index is 168. The first kappa shape index (κ1) is 10.9. The van der Waals surface area contributed by atoms with Crippen molar-refractivity contribution in [3.63, 3.8) is 0 Å². The van der Waals surface area contributed by atoms with E-state index >= 15 is 0 Å². The predicted octanol–water partition coefficient (Wildman–Crippen LogP) is 0.766. The number of nitrogens with one attached hydrogen (secondary N) is 1. The zero-order valence-electron chi connectivity index (χ0n) is 7.46. The van der Waals surface area contributed by atoms with Crippen LogP contribution in [0.2, 0.25) is 0 Å². The van der Waals surface area contributed by atoms with Crippen LogP contribution in [0.1, 0.15) is 33.1 Å². The Morgan fingerprint density at radius 1 is 1.42 bits per heavy atom. The lowest BCUT2D eigenvalue weighted by Crippen LogP contribution is -2.32. The van der Waals surface area contributed by atoms with Gasteiger partial charge in [-0.05, 0) is 13.3 Å². The number of carbonyl (C=O) groups is 2. The third-order valence-corrected chi connectivity index (χ3v) is 1.59. The molecule has 0 aliphatic rings. The monoisotopic (exact) mass is 173 g/mol. The van der Waals surface area contributed by atoms with Crippen LogP contribution in [0.4, 0.5) is 0 Å². The second-order valence-corrected chi connectivity index (χ2v) is 2.77. The maximum absolute atomic E-state index is 10.9. The number of hydrogen-bond acceptors (Lipinski definition) is 2. The van der Waals surface area contributed by atoms with Crippen LogP contribution < -0.4 is 5.32 Å². The highest BCUT2D eigenvalue weighted by atomic mass is 16.4. The highest BCUT2D eigenvalue weighted by Gasteiger charge is 2.06. The topological polar surface area (TPSA) is 66.4 Å². The Morgan fingerprint density at radius 3 is 2.42 bits per heavy atom. The number of aliphatic carboxylic acids is 1. The minimum absolute atomic E-state index is 0.0691. The van der Waals surface area contributed by atoms with Gasteiger partial charge < -0.3 is 10.4 Å². The molecule has 0 saturated heterocycles. The number of carbonyl (C=O) groups excluding carboxylic acids is 1. The zero-order valence-corrected chi connectivity index (χ0v) is 7.46. The molecule has 0 heterocycles. The SMILES string of the molecule is CC[C@H](C)NC(=O)CCC(=O)O. The number of rotatable bonds is 5. The highest BCUT2D eigenvalue weighted by Crippen LogP contribution is 1.92. The molecular weight excluding hydrogens is 158 g/mol. The van der Waals surface area contributed by atoms with Crippen molar-refractivity contribution < 1.29 is 14.7 Å². The first-order valence-corrected chi connectivity index (χ1v) is 4.07. The van der Waals surface area contributed by atoms with Crippen molar-refractivity contribution in [2.24, 2.45) is 0 Å². The van der Waals surface area contributed by atoms with E-state index in [0.717, 1.165) is 6.42 Å². The van der Waals surface area contributed by atoms with Gasteiger partial charge in [0.2, 0.25) is 5.91 Å². The number of amides is 1. The van der Waals surface area contributed by atoms with Gasteiger partial charge in [-0.25, -0.2) is 0 Å². The Balaban J connectivity index is 3.53. The summed E-state index contributed by atoms with van der Waals surface area (Å²) >= 11 is 0. The lowest BCUT2D eigenvalue weighted by Gasteiger charge is -2.09. The molecule has 0 bridgehead atoms. The van der Waals surface area contributed by atoms with E-state index < -0.39 is 5.97 Å². The molecule has 2 N–H and O–H groups in total. The molecule has 12 heavy (non-hydrogen) atoms. The van der Waals surface area contributed by atoms with Crippen LogP contribution in [-0.4, -0.2) is 23.0 Å². The minimum atomic E-state index is -0.936. The molecule has 4 nitrogen and oxygen atoms in total. The van der Waals surface area contributed by atoms with Crippen LogP contribution in [0.15, 0.2) is 0 Å². The summed E-state index contributed by atoms with van der Waals surface area (Å²) in [6.45, 7) is 3.85. The smallest absolute Gasteiger partial charge is 0.303 e. The molecule has 0 spiro atoms. The van der Waals surface area contributed by atoms with Crippen molar-refractivity contribution in [2.75, 3.05) is 0 Å². The fourth-order valence-electron chi connectivity index (χ4n) is 0.670. The molecule has 4 heteroatoms. The molecule has 0 fully saturated rings. The van der Waals surface area contributed by atoms with Crippen LogP contribution in [0, 0.1) is 0 Å². The summed E-state index contributed by atoms with van der Waals surface area (Å²) in [6.07, 6.45) is 0.834. The minimum Gasteiger partial charge on any atom is -0.481 e. The van der Waals surface area contributed by atoms with E-state index in [0.29, 0.717) is 0 Å². The number of hydrogen-bond donors (Lipinski definition) is 2. The molecule has 0 aromatic rings. The average Bonchev–Trinajstić information content (AvgIpc) is 2.00. The largest absolute Gasteiger partial charge is 0.481 e. The Hall–Kier alpha value is -1.06. The number of carboxylic acids is 1. The molecule has 70 valence electrons.